The summed E-state index contributed by atoms with van der Waals surface area (Å²) in [5, 5.41) is 7.09. The van der Waals surface area contributed by atoms with E-state index in [0.717, 1.165) is 18.5 Å². The number of fused-ring (bicyclic) bond motifs is 1. The lowest BCUT2D eigenvalue weighted by atomic mass is 10.1. The van der Waals surface area contributed by atoms with E-state index >= 15 is 0 Å². The van der Waals surface area contributed by atoms with Gasteiger partial charge in [0.15, 0.2) is 5.69 Å². The van der Waals surface area contributed by atoms with Crippen LogP contribution in [0, 0.1) is 5.92 Å². The molecule has 1 atom stereocenters. The minimum absolute atomic E-state index is 0.163. The number of allylic oxidation sites excluding steroid dienone is 1. The van der Waals surface area contributed by atoms with Gasteiger partial charge in [-0.2, -0.15) is 0 Å². The molecule has 4 rings (SSSR count). The lowest BCUT2D eigenvalue weighted by Crippen LogP contribution is -2.24. The number of aromatic nitrogens is 2. The number of amides is 1. The van der Waals surface area contributed by atoms with Crippen molar-refractivity contribution in [2.24, 2.45) is 5.92 Å². The Bertz CT molecular complexity index is 1240. The van der Waals surface area contributed by atoms with E-state index in [9.17, 15) is 9.59 Å². The zero-order valence-corrected chi connectivity index (χ0v) is 21.2. The van der Waals surface area contributed by atoms with Crippen LogP contribution in [0.1, 0.15) is 42.7 Å². The third-order valence-electron chi connectivity index (χ3n) is 6.58. The molecule has 3 aromatic rings. The molecule has 0 unspecified atom stereocenters. The molecule has 1 aliphatic rings. The monoisotopic (exact) mass is 490 g/mol. The van der Waals surface area contributed by atoms with Crippen molar-refractivity contribution in [2.45, 2.75) is 39.7 Å². The standard InChI is InChI=1S/C28H34N4O4/c1-4-19(2)16-29-22-15-23-24(31-27(33)21-12-14-36-18-21)25(28(34)35-3)32(26(23)30-17-22)13-8-11-20-9-6-5-7-10-20/h4-7,9-10,15,17,21,29H,8,11-14,16,18H2,1-3H3,(H,31,33)/b19-4+/t21-/m0/s1. The van der Waals surface area contributed by atoms with Crippen LogP contribution in [0.2, 0.25) is 0 Å². The molecule has 8 heteroatoms. The average Bonchev–Trinajstić information content (AvgIpc) is 3.55. The number of ether oxygens (including phenoxy) is 2. The van der Waals surface area contributed by atoms with Crippen LogP contribution in [0.3, 0.4) is 0 Å². The number of hydrogen-bond acceptors (Lipinski definition) is 6. The van der Waals surface area contributed by atoms with Gasteiger partial charge in [-0.3, -0.25) is 4.79 Å². The van der Waals surface area contributed by atoms with Gasteiger partial charge in [-0.05, 0) is 44.7 Å². The maximum Gasteiger partial charge on any atom is 0.356 e. The Labute approximate surface area is 211 Å². The van der Waals surface area contributed by atoms with Crippen molar-refractivity contribution < 1.29 is 19.1 Å². The van der Waals surface area contributed by atoms with Crippen molar-refractivity contribution in [1.29, 1.82) is 0 Å². The first-order valence-corrected chi connectivity index (χ1v) is 12.4. The van der Waals surface area contributed by atoms with E-state index in [0.29, 0.717) is 55.1 Å². The number of aryl methyl sites for hydroxylation is 2. The Balaban J connectivity index is 1.73. The molecule has 8 nitrogen and oxygen atoms in total. The number of nitrogens with zero attached hydrogens (tertiary/aromatic N) is 2. The minimum Gasteiger partial charge on any atom is -0.464 e. The highest BCUT2D eigenvalue weighted by Crippen LogP contribution is 2.34. The number of benzene rings is 1. The van der Waals surface area contributed by atoms with Gasteiger partial charge in [0.1, 0.15) is 5.65 Å². The summed E-state index contributed by atoms with van der Waals surface area (Å²) in [4.78, 5) is 30.8. The number of rotatable bonds is 10. The maximum absolute atomic E-state index is 13.1. The summed E-state index contributed by atoms with van der Waals surface area (Å²) in [6.07, 6.45) is 6.11. The zero-order valence-electron chi connectivity index (χ0n) is 21.2. The molecule has 0 saturated carbocycles. The van der Waals surface area contributed by atoms with E-state index in [-0.39, 0.29) is 11.8 Å². The Morgan fingerprint density at radius 2 is 2.08 bits per heavy atom. The topological polar surface area (TPSA) is 94.5 Å². The van der Waals surface area contributed by atoms with E-state index < -0.39 is 5.97 Å². The maximum atomic E-state index is 13.1. The Morgan fingerprint density at radius 3 is 2.78 bits per heavy atom. The van der Waals surface area contributed by atoms with E-state index in [2.05, 4.69) is 22.8 Å². The fraction of sp³-hybridized carbons (Fsp3) is 0.393. The van der Waals surface area contributed by atoms with Gasteiger partial charge in [-0.1, -0.05) is 42.0 Å². The number of anilines is 2. The van der Waals surface area contributed by atoms with Crippen LogP contribution in [0.5, 0.6) is 0 Å². The van der Waals surface area contributed by atoms with E-state index in [4.69, 9.17) is 14.5 Å². The number of carbonyl (C=O) groups excluding carboxylic acids is 2. The summed E-state index contributed by atoms with van der Waals surface area (Å²) in [6, 6.07) is 12.2. The van der Waals surface area contributed by atoms with Crippen LogP contribution < -0.4 is 10.6 Å². The van der Waals surface area contributed by atoms with Gasteiger partial charge in [0.05, 0.1) is 37.2 Å². The van der Waals surface area contributed by atoms with Crippen LogP contribution in [0.15, 0.2) is 54.2 Å². The third-order valence-corrected chi connectivity index (χ3v) is 6.58. The third kappa shape index (κ3) is 5.76. The second-order valence-electron chi connectivity index (χ2n) is 9.09. The summed E-state index contributed by atoms with van der Waals surface area (Å²) >= 11 is 0. The van der Waals surface area contributed by atoms with Crippen LogP contribution in [-0.4, -0.2) is 48.3 Å². The number of pyridine rings is 1. The molecule has 2 aromatic heterocycles. The van der Waals surface area contributed by atoms with Crippen molar-refractivity contribution >= 4 is 34.3 Å². The van der Waals surface area contributed by atoms with Crippen LogP contribution in [0.25, 0.3) is 11.0 Å². The first kappa shape index (κ1) is 25.4. The van der Waals surface area contributed by atoms with Crippen LogP contribution in [-0.2, 0) is 27.2 Å². The highest BCUT2D eigenvalue weighted by atomic mass is 16.5. The lowest BCUT2D eigenvalue weighted by Gasteiger charge is -2.12. The van der Waals surface area contributed by atoms with Crippen LogP contribution in [0.4, 0.5) is 11.4 Å². The smallest absolute Gasteiger partial charge is 0.356 e. The molecule has 0 aliphatic carbocycles. The summed E-state index contributed by atoms with van der Waals surface area (Å²) in [6.45, 7) is 6.21. The predicted octanol–water partition coefficient (Wildman–Crippen LogP) is 4.81. The number of methoxy groups -OCH3 is 1. The average molecular weight is 491 g/mol. The van der Waals surface area contributed by atoms with E-state index in [1.807, 2.05) is 48.8 Å². The molecule has 1 fully saturated rings. The molecular weight excluding hydrogens is 456 g/mol. The normalized spacial score (nSPS) is 15.8. The number of esters is 1. The molecule has 36 heavy (non-hydrogen) atoms. The summed E-state index contributed by atoms with van der Waals surface area (Å²) < 4.78 is 12.4. The summed E-state index contributed by atoms with van der Waals surface area (Å²) in [7, 11) is 1.35. The highest BCUT2D eigenvalue weighted by Gasteiger charge is 2.29. The van der Waals surface area contributed by atoms with Gasteiger partial charge in [-0.25, -0.2) is 9.78 Å². The molecular formula is C28H34N4O4. The molecule has 0 bridgehead atoms. The van der Waals surface area contributed by atoms with Crippen LogP contribution >= 0.6 is 0 Å². The molecule has 1 amide bonds. The number of hydrogen-bond donors (Lipinski definition) is 2. The molecule has 1 aromatic carbocycles. The second kappa shape index (κ2) is 11.9. The molecule has 3 heterocycles. The molecule has 2 N–H and O–H groups in total. The van der Waals surface area contributed by atoms with Crippen molar-refractivity contribution in [3.8, 4) is 0 Å². The van der Waals surface area contributed by atoms with Gasteiger partial charge in [0.25, 0.3) is 0 Å². The van der Waals surface area contributed by atoms with Crippen molar-refractivity contribution in [2.75, 3.05) is 37.5 Å². The van der Waals surface area contributed by atoms with Gasteiger partial charge >= 0.3 is 5.97 Å². The largest absolute Gasteiger partial charge is 0.464 e. The molecule has 0 radical (unpaired) electrons. The first-order valence-electron chi connectivity index (χ1n) is 12.4. The predicted molar refractivity (Wildman–Crippen MR) is 141 cm³/mol. The fourth-order valence-electron chi connectivity index (χ4n) is 4.37. The summed E-state index contributed by atoms with van der Waals surface area (Å²) in [5.41, 5.74) is 4.60. The Morgan fingerprint density at radius 1 is 1.28 bits per heavy atom. The molecule has 1 aliphatic heterocycles. The van der Waals surface area contributed by atoms with Gasteiger partial charge < -0.3 is 24.7 Å². The molecule has 0 spiro atoms. The Hall–Kier alpha value is -3.65. The molecule has 190 valence electrons. The fourth-order valence-corrected chi connectivity index (χ4v) is 4.37. The number of carbonyl (C=O) groups is 2. The Kier molecular flexibility index (Phi) is 8.38. The quantitative estimate of drug-likeness (QED) is 0.313. The first-order chi connectivity index (χ1) is 17.5. The lowest BCUT2D eigenvalue weighted by molar-refractivity contribution is -0.119. The summed E-state index contributed by atoms with van der Waals surface area (Å²) in [5.74, 6) is -0.923. The van der Waals surface area contributed by atoms with Crippen molar-refractivity contribution in [3.05, 3.63) is 65.5 Å². The van der Waals surface area contributed by atoms with Gasteiger partial charge in [0, 0.05) is 25.1 Å². The molecule has 1 saturated heterocycles. The number of nitrogens with one attached hydrogen (secondary N) is 2. The SMILES string of the molecule is C/C=C(\C)CNc1cnc2c(c1)c(NC(=O)[C@H]1CCOC1)c(C(=O)OC)n2CCCc1ccccc1. The van der Waals surface area contributed by atoms with Gasteiger partial charge in [0.2, 0.25) is 5.91 Å². The van der Waals surface area contributed by atoms with E-state index in [1.54, 1.807) is 6.20 Å². The van der Waals surface area contributed by atoms with Gasteiger partial charge in [-0.15, -0.1) is 0 Å². The minimum atomic E-state index is -0.509. The second-order valence-corrected chi connectivity index (χ2v) is 9.09. The zero-order chi connectivity index (χ0) is 25.5. The van der Waals surface area contributed by atoms with E-state index in [1.165, 1.54) is 18.2 Å². The van der Waals surface area contributed by atoms with Crippen molar-refractivity contribution in [1.82, 2.24) is 9.55 Å². The highest BCUT2D eigenvalue weighted by molar-refractivity contribution is 6.11. The van der Waals surface area contributed by atoms with Crippen molar-refractivity contribution in [3.63, 3.8) is 0 Å².